The fourth-order valence-corrected chi connectivity index (χ4v) is 0.978. The standard InChI is InChI=1S/C12H14O2/c1-11(14-10-9-13)7-8-12-5-3-2-4-6-12/h2-6,11,13H,9-10H2,1H3. The zero-order chi connectivity index (χ0) is 10.2. The molecule has 0 heterocycles. The summed E-state index contributed by atoms with van der Waals surface area (Å²) >= 11 is 0. The molecule has 1 rings (SSSR count). The van der Waals surface area contributed by atoms with Gasteiger partial charge in [0.25, 0.3) is 0 Å². The van der Waals surface area contributed by atoms with Crippen LogP contribution in [0.15, 0.2) is 30.3 Å². The molecule has 0 fully saturated rings. The zero-order valence-corrected chi connectivity index (χ0v) is 8.23. The van der Waals surface area contributed by atoms with Crippen LogP contribution in [0, 0.1) is 11.8 Å². The monoisotopic (exact) mass is 190 g/mol. The fourth-order valence-electron chi connectivity index (χ4n) is 0.978. The Morgan fingerprint density at radius 1 is 1.36 bits per heavy atom. The average Bonchev–Trinajstić information content (AvgIpc) is 2.25. The molecule has 0 aliphatic rings. The van der Waals surface area contributed by atoms with Gasteiger partial charge in [0.2, 0.25) is 0 Å². The van der Waals surface area contributed by atoms with Crippen LogP contribution in [0.5, 0.6) is 0 Å². The van der Waals surface area contributed by atoms with E-state index in [0.29, 0.717) is 6.61 Å². The minimum atomic E-state index is -0.137. The van der Waals surface area contributed by atoms with Crippen LogP contribution < -0.4 is 0 Å². The van der Waals surface area contributed by atoms with Crippen molar-refractivity contribution in [2.24, 2.45) is 0 Å². The van der Waals surface area contributed by atoms with Gasteiger partial charge in [-0.2, -0.15) is 0 Å². The SMILES string of the molecule is CC(C#Cc1ccccc1)OCCO. The molecule has 0 bridgehead atoms. The Bertz CT molecular complexity index is 308. The lowest BCUT2D eigenvalue weighted by Crippen LogP contribution is -2.08. The van der Waals surface area contributed by atoms with E-state index in [4.69, 9.17) is 9.84 Å². The predicted octanol–water partition coefficient (Wildman–Crippen LogP) is 1.44. The number of aliphatic hydroxyl groups is 1. The summed E-state index contributed by atoms with van der Waals surface area (Å²) in [5.74, 6) is 5.95. The highest BCUT2D eigenvalue weighted by atomic mass is 16.5. The van der Waals surface area contributed by atoms with Crippen molar-refractivity contribution in [3.05, 3.63) is 35.9 Å². The van der Waals surface area contributed by atoms with Gasteiger partial charge in [-0.3, -0.25) is 0 Å². The second-order valence-corrected chi connectivity index (χ2v) is 2.87. The van der Waals surface area contributed by atoms with Crippen molar-refractivity contribution >= 4 is 0 Å². The maximum absolute atomic E-state index is 8.53. The van der Waals surface area contributed by atoms with Gasteiger partial charge in [0, 0.05) is 5.56 Å². The molecule has 1 atom stereocenters. The summed E-state index contributed by atoms with van der Waals surface area (Å²) in [5, 5.41) is 8.53. The van der Waals surface area contributed by atoms with Crippen LogP contribution in [0.25, 0.3) is 0 Å². The number of benzene rings is 1. The smallest absolute Gasteiger partial charge is 0.115 e. The van der Waals surface area contributed by atoms with E-state index in [1.54, 1.807) is 0 Å². The Hall–Kier alpha value is -1.30. The lowest BCUT2D eigenvalue weighted by atomic mass is 10.2. The predicted molar refractivity (Wildman–Crippen MR) is 55.8 cm³/mol. The topological polar surface area (TPSA) is 29.5 Å². The van der Waals surface area contributed by atoms with Gasteiger partial charge in [0.1, 0.15) is 6.10 Å². The Morgan fingerprint density at radius 3 is 2.71 bits per heavy atom. The number of hydrogen-bond donors (Lipinski definition) is 1. The molecule has 1 aromatic carbocycles. The molecular formula is C12H14O2. The highest BCUT2D eigenvalue weighted by Crippen LogP contribution is 1.96. The quantitative estimate of drug-likeness (QED) is 0.731. The first-order valence-corrected chi connectivity index (χ1v) is 4.62. The minimum Gasteiger partial charge on any atom is -0.394 e. The molecule has 0 saturated heterocycles. The van der Waals surface area contributed by atoms with E-state index in [1.807, 2.05) is 37.3 Å². The minimum absolute atomic E-state index is 0.0390. The number of aliphatic hydroxyl groups excluding tert-OH is 1. The van der Waals surface area contributed by atoms with E-state index in [0.717, 1.165) is 5.56 Å². The third-order valence-electron chi connectivity index (χ3n) is 1.65. The van der Waals surface area contributed by atoms with Gasteiger partial charge in [-0.25, -0.2) is 0 Å². The third-order valence-corrected chi connectivity index (χ3v) is 1.65. The second kappa shape index (κ2) is 6.20. The van der Waals surface area contributed by atoms with Gasteiger partial charge in [0.05, 0.1) is 13.2 Å². The summed E-state index contributed by atoms with van der Waals surface area (Å²) in [6.45, 7) is 2.24. The third kappa shape index (κ3) is 4.08. The van der Waals surface area contributed by atoms with E-state index in [9.17, 15) is 0 Å². The van der Waals surface area contributed by atoms with Crippen LogP contribution >= 0.6 is 0 Å². The highest BCUT2D eigenvalue weighted by Gasteiger charge is 1.94. The van der Waals surface area contributed by atoms with Crippen molar-refractivity contribution in [2.45, 2.75) is 13.0 Å². The first kappa shape index (κ1) is 10.8. The van der Waals surface area contributed by atoms with Crippen molar-refractivity contribution in [2.75, 3.05) is 13.2 Å². The normalized spacial score (nSPS) is 11.6. The van der Waals surface area contributed by atoms with Crippen molar-refractivity contribution < 1.29 is 9.84 Å². The lowest BCUT2D eigenvalue weighted by Gasteiger charge is -2.03. The first-order valence-electron chi connectivity index (χ1n) is 4.62. The Balaban J connectivity index is 2.47. The van der Waals surface area contributed by atoms with Crippen LogP contribution in [0.2, 0.25) is 0 Å². The summed E-state index contributed by atoms with van der Waals surface area (Å²) in [7, 11) is 0. The molecule has 2 heteroatoms. The van der Waals surface area contributed by atoms with Gasteiger partial charge >= 0.3 is 0 Å². The summed E-state index contributed by atoms with van der Waals surface area (Å²) in [4.78, 5) is 0. The summed E-state index contributed by atoms with van der Waals surface area (Å²) in [6.07, 6.45) is -0.137. The maximum Gasteiger partial charge on any atom is 0.115 e. The van der Waals surface area contributed by atoms with E-state index in [2.05, 4.69) is 11.8 Å². The van der Waals surface area contributed by atoms with E-state index in [1.165, 1.54) is 0 Å². The Morgan fingerprint density at radius 2 is 2.07 bits per heavy atom. The van der Waals surface area contributed by atoms with Gasteiger partial charge in [-0.1, -0.05) is 30.0 Å². The molecule has 1 unspecified atom stereocenters. The fraction of sp³-hybridized carbons (Fsp3) is 0.333. The summed E-state index contributed by atoms with van der Waals surface area (Å²) in [6, 6.07) is 9.75. The van der Waals surface area contributed by atoms with Gasteiger partial charge in [-0.15, -0.1) is 0 Å². The van der Waals surface area contributed by atoms with E-state index in [-0.39, 0.29) is 12.7 Å². The van der Waals surface area contributed by atoms with Crippen LogP contribution in [0.4, 0.5) is 0 Å². The molecule has 0 saturated carbocycles. The van der Waals surface area contributed by atoms with Gasteiger partial charge < -0.3 is 9.84 Å². The average molecular weight is 190 g/mol. The van der Waals surface area contributed by atoms with Crippen LogP contribution in [0.1, 0.15) is 12.5 Å². The second-order valence-electron chi connectivity index (χ2n) is 2.87. The molecule has 1 N–H and O–H groups in total. The molecule has 0 aliphatic carbocycles. The molecule has 0 amide bonds. The zero-order valence-electron chi connectivity index (χ0n) is 8.23. The van der Waals surface area contributed by atoms with Crippen LogP contribution in [-0.2, 0) is 4.74 Å². The number of hydrogen-bond acceptors (Lipinski definition) is 2. The molecule has 0 aromatic heterocycles. The van der Waals surface area contributed by atoms with E-state index < -0.39 is 0 Å². The molecular weight excluding hydrogens is 176 g/mol. The van der Waals surface area contributed by atoms with Crippen molar-refractivity contribution in [1.82, 2.24) is 0 Å². The van der Waals surface area contributed by atoms with Gasteiger partial charge in [0.15, 0.2) is 0 Å². The lowest BCUT2D eigenvalue weighted by molar-refractivity contribution is 0.0688. The number of ether oxygens (including phenoxy) is 1. The van der Waals surface area contributed by atoms with Gasteiger partial charge in [-0.05, 0) is 19.1 Å². The number of rotatable bonds is 3. The molecule has 0 spiro atoms. The molecule has 2 nitrogen and oxygen atoms in total. The van der Waals surface area contributed by atoms with Crippen LogP contribution in [0.3, 0.4) is 0 Å². The summed E-state index contributed by atoms with van der Waals surface area (Å²) < 4.78 is 5.19. The Labute approximate surface area is 84.5 Å². The largest absolute Gasteiger partial charge is 0.394 e. The van der Waals surface area contributed by atoms with Crippen molar-refractivity contribution in [1.29, 1.82) is 0 Å². The molecule has 0 radical (unpaired) electrons. The summed E-state index contributed by atoms with van der Waals surface area (Å²) in [5.41, 5.74) is 0.979. The highest BCUT2D eigenvalue weighted by molar-refractivity contribution is 5.34. The molecule has 0 aliphatic heterocycles. The molecule has 14 heavy (non-hydrogen) atoms. The molecule has 74 valence electrons. The van der Waals surface area contributed by atoms with Crippen molar-refractivity contribution in [3.63, 3.8) is 0 Å². The Kier molecular flexibility index (Phi) is 4.77. The van der Waals surface area contributed by atoms with Crippen LogP contribution in [-0.4, -0.2) is 24.4 Å². The van der Waals surface area contributed by atoms with E-state index >= 15 is 0 Å². The first-order chi connectivity index (χ1) is 6.83. The maximum atomic E-state index is 8.53. The van der Waals surface area contributed by atoms with Crippen molar-refractivity contribution in [3.8, 4) is 11.8 Å². The molecule has 1 aromatic rings.